The Bertz CT molecular complexity index is 812. The lowest BCUT2D eigenvalue weighted by Crippen LogP contribution is -2.17. The Kier molecular flexibility index (Phi) is 3.55. The van der Waals surface area contributed by atoms with E-state index in [9.17, 15) is 22.4 Å². The van der Waals surface area contributed by atoms with Crippen molar-refractivity contribution in [1.29, 1.82) is 0 Å². The van der Waals surface area contributed by atoms with Crippen molar-refractivity contribution in [2.45, 2.75) is 6.36 Å². The first-order chi connectivity index (χ1) is 10.8. The minimum Gasteiger partial charge on any atom is -0.406 e. The average Bonchev–Trinajstić information content (AvgIpc) is 2.73. The molecule has 0 aliphatic carbocycles. The number of anilines is 1. The molecule has 2 aromatic carbocycles. The van der Waals surface area contributed by atoms with Crippen molar-refractivity contribution in [3.63, 3.8) is 0 Å². The number of hydrogen-bond acceptors (Lipinski definition) is 2. The summed E-state index contributed by atoms with van der Waals surface area (Å²) in [6, 6.07) is 9.05. The standard InChI is InChI=1S/C16H9F4NO2/c17-10-4-5-12-13(15(22)21-14(12)8-10)7-9-2-1-3-11(6-9)23-16(18,19)20/h1-8H,(H,21,22). The van der Waals surface area contributed by atoms with E-state index in [1.54, 1.807) is 0 Å². The minimum absolute atomic E-state index is 0.240. The Morgan fingerprint density at radius 3 is 2.61 bits per heavy atom. The summed E-state index contributed by atoms with van der Waals surface area (Å²) < 4.78 is 53.7. The van der Waals surface area contributed by atoms with Gasteiger partial charge in [-0.25, -0.2) is 4.39 Å². The number of carbonyl (C=O) groups excluding carboxylic acids is 1. The second-order valence-corrected chi connectivity index (χ2v) is 4.82. The molecule has 1 aliphatic heterocycles. The third kappa shape index (κ3) is 3.33. The first kappa shape index (κ1) is 15.1. The van der Waals surface area contributed by atoms with Crippen molar-refractivity contribution in [2.75, 3.05) is 5.32 Å². The molecule has 1 amide bonds. The number of ether oxygens (including phenoxy) is 1. The molecule has 0 saturated heterocycles. The molecule has 0 atom stereocenters. The molecule has 0 fully saturated rings. The zero-order valence-corrected chi connectivity index (χ0v) is 11.4. The zero-order chi connectivity index (χ0) is 16.6. The molecule has 0 radical (unpaired) electrons. The molecule has 0 saturated carbocycles. The molecule has 23 heavy (non-hydrogen) atoms. The molecule has 1 aliphatic rings. The first-order valence-corrected chi connectivity index (χ1v) is 6.51. The van der Waals surface area contributed by atoms with Crippen LogP contribution < -0.4 is 10.1 Å². The van der Waals surface area contributed by atoms with Gasteiger partial charge in [0.15, 0.2) is 0 Å². The fourth-order valence-electron chi connectivity index (χ4n) is 2.28. The van der Waals surface area contributed by atoms with Gasteiger partial charge in [-0.05, 0) is 42.0 Å². The van der Waals surface area contributed by atoms with Gasteiger partial charge in [0.2, 0.25) is 0 Å². The van der Waals surface area contributed by atoms with Crippen LogP contribution in [0.1, 0.15) is 11.1 Å². The van der Waals surface area contributed by atoms with Crippen LogP contribution in [0.15, 0.2) is 42.5 Å². The smallest absolute Gasteiger partial charge is 0.406 e. The second kappa shape index (κ2) is 5.42. The molecule has 3 rings (SSSR count). The highest BCUT2D eigenvalue weighted by Crippen LogP contribution is 2.34. The van der Waals surface area contributed by atoms with Gasteiger partial charge in [-0.15, -0.1) is 13.2 Å². The van der Waals surface area contributed by atoms with Gasteiger partial charge in [0, 0.05) is 11.1 Å². The molecule has 0 bridgehead atoms. The summed E-state index contributed by atoms with van der Waals surface area (Å²) >= 11 is 0. The van der Waals surface area contributed by atoms with Gasteiger partial charge in [0.05, 0.1) is 5.69 Å². The normalized spacial score (nSPS) is 15.5. The van der Waals surface area contributed by atoms with Crippen LogP contribution in [0.4, 0.5) is 23.2 Å². The van der Waals surface area contributed by atoms with Crippen LogP contribution in [0, 0.1) is 5.82 Å². The van der Waals surface area contributed by atoms with Crippen LogP contribution in [0.3, 0.4) is 0 Å². The summed E-state index contributed by atoms with van der Waals surface area (Å²) in [5.74, 6) is -1.33. The number of nitrogens with one attached hydrogen (secondary N) is 1. The number of hydrogen-bond donors (Lipinski definition) is 1. The maximum Gasteiger partial charge on any atom is 0.573 e. The molecule has 1 heterocycles. The summed E-state index contributed by atoms with van der Waals surface area (Å²) in [4.78, 5) is 11.9. The monoisotopic (exact) mass is 323 g/mol. The van der Waals surface area contributed by atoms with Crippen molar-refractivity contribution in [3.8, 4) is 5.75 Å². The van der Waals surface area contributed by atoms with Crippen molar-refractivity contribution in [2.24, 2.45) is 0 Å². The van der Waals surface area contributed by atoms with E-state index in [2.05, 4.69) is 10.1 Å². The van der Waals surface area contributed by atoms with Crippen LogP contribution in [-0.4, -0.2) is 12.3 Å². The van der Waals surface area contributed by atoms with Crippen molar-refractivity contribution in [1.82, 2.24) is 0 Å². The maximum absolute atomic E-state index is 13.2. The van der Waals surface area contributed by atoms with E-state index in [0.29, 0.717) is 16.8 Å². The Balaban J connectivity index is 1.97. The third-order valence-electron chi connectivity index (χ3n) is 3.17. The quantitative estimate of drug-likeness (QED) is 0.664. The first-order valence-electron chi connectivity index (χ1n) is 6.51. The fourth-order valence-corrected chi connectivity index (χ4v) is 2.28. The van der Waals surface area contributed by atoms with Gasteiger partial charge in [-0.1, -0.05) is 12.1 Å². The van der Waals surface area contributed by atoms with E-state index in [0.717, 1.165) is 12.1 Å². The maximum atomic E-state index is 13.2. The van der Waals surface area contributed by atoms with E-state index in [-0.39, 0.29) is 11.3 Å². The van der Waals surface area contributed by atoms with Gasteiger partial charge in [-0.3, -0.25) is 4.79 Å². The Morgan fingerprint density at radius 1 is 1.09 bits per heavy atom. The minimum atomic E-state index is -4.79. The predicted octanol–water partition coefficient (Wildman–Crippen LogP) is 4.22. The van der Waals surface area contributed by atoms with Gasteiger partial charge >= 0.3 is 6.36 Å². The lowest BCUT2D eigenvalue weighted by atomic mass is 10.0. The van der Waals surface area contributed by atoms with Crippen LogP contribution in [-0.2, 0) is 4.79 Å². The number of alkyl halides is 3. The van der Waals surface area contributed by atoms with E-state index in [4.69, 9.17) is 0 Å². The van der Waals surface area contributed by atoms with Crippen LogP contribution in [0.25, 0.3) is 11.6 Å². The third-order valence-corrected chi connectivity index (χ3v) is 3.17. The van der Waals surface area contributed by atoms with E-state index in [1.165, 1.54) is 36.4 Å². The van der Waals surface area contributed by atoms with Gasteiger partial charge in [0.25, 0.3) is 5.91 Å². The molecular weight excluding hydrogens is 314 g/mol. The van der Waals surface area contributed by atoms with Crippen LogP contribution in [0.2, 0.25) is 0 Å². The average molecular weight is 323 g/mol. The van der Waals surface area contributed by atoms with Gasteiger partial charge in [-0.2, -0.15) is 0 Å². The highest BCUT2D eigenvalue weighted by atomic mass is 19.4. The van der Waals surface area contributed by atoms with Gasteiger partial charge in [0.1, 0.15) is 11.6 Å². The number of fused-ring (bicyclic) bond motifs is 1. The van der Waals surface area contributed by atoms with E-state index in [1.807, 2.05) is 0 Å². The van der Waals surface area contributed by atoms with Crippen LogP contribution >= 0.6 is 0 Å². The van der Waals surface area contributed by atoms with Crippen molar-refractivity contribution < 1.29 is 27.1 Å². The molecular formula is C16H9F4NO2. The molecule has 3 nitrogen and oxygen atoms in total. The predicted molar refractivity (Wildman–Crippen MR) is 76.0 cm³/mol. The van der Waals surface area contributed by atoms with Crippen molar-refractivity contribution >= 4 is 23.2 Å². The number of carbonyl (C=O) groups is 1. The summed E-state index contributed by atoms with van der Waals surface area (Å²) in [7, 11) is 0. The zero-order valence-electron chi connectivity index (χ0n) is 11.4. The number of rotatable bonds is 2. The molecule has 2 aromatic rings. The second-order valence-electron chi connectivity index (χ2n) is 4.82. The summed E-state index contributed by atoms with van der Waals surface area (Å²) in [5, 5.41) is 2.50. The molecule has 0 aromatic heterocycles. The SMILES string of the molecule is O=C1Nc2cc(F)ccc2C1=Cc1cccc(OC(F)(F)F)c1. The lowest BCUT2D eigenvalue weighted by Gasteiger charge is -2.09. The summed E-state index contributed by atoms with van der Waals surface area (Å²) in [6.45, 7) is 0. The summed E-state index contributed by atoms with van der Waals surface area (Å²) in [6.07, 6.45) is -3.37. The number of amides is 1. The van der Waals surface area contributed by atoms with Gasteiger partial charge < -0.3 is 10.1 Å². The Labute approximate surface area is 128 Å². The van der Waals surface area contributed by atoms with Crippen LogP contribution in [0.5, 0.6) is 5.75 Å². The highest BCUT2D eigenvalue weighted by molar-refractivity contribution is 6.34. The summed E-state index contributed by atoms with van der Waals surface area (Å²) in [5.41, 5.74) is 1.40. The number of halogens is 4. The van der Waals surface area contributed by atoms with Crippen molar-refractivity contribution in [3.05, 3.63) is 59.4 Å². The Morgan fingerprint density at radius 2 is 1.87 bits per heavy atom. The molecule has 0 unspecified atom stereocenters. The van der Waals surface area contributed by atoms with E-state index < -0.39 is 18.1 Å². The highest BCUT2D eigenvalue weighted by Gasteiger charge is 2.31. The number of benzene rings is 2. The molecule has 1 N–H and O–H groups in total. The molecule has 118 valence electrons. The molecule has 0 spiro atoms. The lowest BCUT2D eigenvalue weighted by molar-refractivity contribution is -0.274. The topological polar surface area (TPSA) is 38.3 Å². The van der Waals surface area contributed by atoms with E-state index >= 15 is 0 Å². The fraction of sp³-hybridized carbons (Fsp3) is 0.0625. The largest absolute Gasteiger partial charge is 0.573 e. The Hall–Kier alpha value is -2.83. The molecule has 7 heteroatoms.